The van der Waals surface area contributed by atoms with Crippen LogP contribution in [0.25, 0.3) is 22.4 Å². The number of aliphatic hydroxyl groups is 1. The number of ether oxygens (including phenoxy) is 1. The third-order valence-electron chi connectivity index (χ3n) is 6.70. The number of aliphatic hydroxyl groups excluding tert-OH is 1. The number of fused-ring (bicyclic) bond motifs is 1. The highest BCUT2D eigenvalue weighted by atomic mass is 35.5. The number of halogens is 2. The third kappa shape index (κ3) is 5.20. The summed E-state index contributed by atoms with van der Waals surface area (Å²) in [5.41, 5.74) is 5.59. The number of aromatic amines is 2. The van der Waals surface area contributed by atoms with Crippen LogP contribution in [0.15, 0.2) is 47.4 Å². The minimum atomic E-state index is -0.826. The van der Waals surface area contributed by atoms with E-state index in [1.807, 2.05) is 38.1 Å². The van der Waals surface area contributed by atoms with E-state index in [1.54, 1.807) is 18.3 Å². The first-order valence-electron chi connectivity index (χ1n) is 12.2. The van der Waals surface area contributed by atoms with E-state index in [9.17, 15) is 14.3 Å². The average Bonchev–Trinajstić information content (AvgIpc) is 3.33. The number of hydrogen-bond acceptors (Lipinski definition) is 6. The van der Waals surface area contributed by atoms with Gasteiger partial charge in [-0.25, -0.2) is 9.37 Å². The van der Waals surface area contributed by atoms with Gasteiger partial charge in [0.1, 0.15) is 24.2 Å². The predicted octanol–water partition coefficient (Wildman–Crippen LogP) is 4.51. The fraction of sp³-hybridized carbons (Fsp3) is 0.333. The topological polar surface area (TPSA) is 106 Å². The number of alkyl halides is 1. The molecule has 10 heteroatoms. The Bertz CT molecular complexity index is 1490. The molecule has 2 atom stereocenters. The Kier molecular flexibility index (Phi) is 7.19. The van der Waals surface area contributed by atoms with Crippen molar-refractivity contribution in [3.63, 3.8) is 0 Å². The summed E-state index contributed by atoms with van der Waals surface area (Å²) in [5.74, 6) is 0.413. The summed E-state index contributed by atoms with van der Waals surface area (Å²) in [7, 11) is 0. The van der Waals surface area contributed by atoms with Crippen molar-refractivity contribution in [3.8, 4) is 11.4 Å². The normalized spacial score (nSPS) is 16.8. The lowest BCUT2D eigenvalue weighted by molar-refractivity contribution is 0.0247. The summed E-state index contributed by atoms with van der Waals surface area (Å²) < 4.78 is 18.6. The summed E-state index contributed by atoms with van der Waals surface area (Å²) in [4.78, 5) is 25.7. The molecule has 8 nitrogen and oxygen atoms in total. The highest BCUT2D eigenvalue weighted by Crippen LogP contribution is 2.30. The van der Waals surface area contributed by atoms with Crippen LogP contribution in [-0.4, -0.2) is 59.1 Å². The lowest BCUT2D eigenvalue weighted by Crippen LogP contribution is -2.43. The summed E-state index contributed by atoms with van der Waals surface area (Å²) in [6.45, 7) is 5.12. The van der Waals surface area contributed by atoms with Crippen molar-refractivity contribution >= 4 is 34.0 Å². The molecule has 4 N–H and O–H groups in total. The fourth-order valence-electron chi connectivity index (χ4n) is 4.62. The Hall–Kier alpha value is -3.40. The van der Waals surface area contributed by atoms with Crippen molar-refractivity contribution in [2.75, 3.05) is 43.1 Å². The Morgan fingerprint density at radius 1 is 1.27 bits per heavy atom. The Balaban J connectivity index is 1.43. The molecule has 2 aromatic carbocycles. The summed E-state index contributed by atoms with van der Waals surface area (Å²) in [6.07, 6.45) is 0.284. The van der Waals surface area contributed by atoms with Crippen LogP contribution in [0.4, 0.5) is 15.8 Å². The Labute approximate surface area is 218 Å². The molecule has 37 heavy (non-hydrogen) atoms. The predicted molar refractivity (Wildman–Crippen MR) is 144 cm³/mol. The van der Waals surface area contributed by atoms with E-state index in [-0.39, 0.29) is 12.1 Å². The van der Waals surface area contributed by atoms with E-state index in [4.69, 9.17) is 21.3 Å². The number of nitrogens with zero attached hydrogens (tertiary/aromatic N) is 2. The smallest absolute Gasteiger partial charge is 0.261 e. The van der Waals surface area contributed by atoms with Crippen molar-refractivity contribution in [1.29, 1.82) is 0 Å². The second-order valence-corrected chi connectivity index (χ2v) is 9.75. The second kappa shape index (κ2) is 10.5. The number of imidazole rings is 1. The standard InChI is InChI=1S/C27H29ClFN5O3/c1-15-3-4-17(10-20(15)28)23(35)13-31-21-5-6-30-27(36)24(21)26-32-22-11-18(9-16(2)25(22)33-26)34-7-8-37-19(12-29)14-34/h3-6,9-11,19,23,35H,7-8,12-14H2,1-2H3,(H,32,33)(H2,30,31,36). The third-order valence-corrected chi connectivity index (χ3v) is 7.11. The SMILES string of the molecule is Cc1ccc(C(O)CNc2cc[nH]c(=O)c2-c2nc3c(C)cc(N4CCOC(CF)C4)cc3[nH]2)cc1Cl. The van der Waals surface area contributed by atoms with Crippen LogP contribution in [-0.2, 0) is 4.74 Å². The van der Waals surface area contributed by atoms with Gasteiger partial charge in [0.05, 0.1) is 29.4 Å². The van der Waals surface area contributed by atoms with Gasteiger partial charge < -0.3 is 30.0 Å². The lowest BCUT2D eigenvalue weighted by Gasteiger charge is -2.33. The first kappa shape index (κ1) is 25.3. The minimum absolute atomic E-state index is 0.173. The van der Waals surface area contributed by atoms with Crippen LogP contribution in [0.1, 0.15) is 22.8 Å². The van der Waals surface area contributed by atoms with Gasteiger partial charge in [0.25, 0.3) is 5.56 Å². The molecule has 3 heterocycles. The number of pyridine rings is 1. The zero-order valence-corrected chi connectivity index (χ0v) is 21.4. The first-order valence-corrected chi connectivity index (χ1v) is 12.5. The van der Waals surface area contributed by atoms with Gasteiger partial charge in [0, 0.05) is 36.5 Å². The maximum Gasteiger partial charge on any atom is 0.261 e. The van der Waals surface area contributed by atoms with Crippen LogP contribution in [0, 0.1) is 13.8 Å². The lowest BCUT2D eigenvalue weighted by atomic mass is 10.1. The van der Waals surface area contributed by atoms with Gasteiger partial charge in [-0.3, -0.25) is 4.79 Å². The van der Waals surface area contributed by atoms with Crippen LogP contribution in [0.2, 0.25) is 5.02 Å². The molecule has 2 aromatic heterocycles. The highest BCUT2D eigenvalue weighted by Gasteiger charge is 2.22. The van der Waals surface area contributed by atoms with Crippen molar-refractivity contribution in [1.82, 2.24) is 15.0 Å². The number of nitrogens with one attached hydrogen (secondary N) is 3. The molecule has 0 amide bonds. The zero-order valence-electron chi connectivity index (χ0n) is 20.6. The molecule has 2 unspecified atom stereocenters. The minimum Gasteiger partial charge on any atom is -0.387 e. The molecule has 1 aliphatic heterocycles. The highest BCUT2D eigenvalue weighted by molar-refractivity contribution is 6.31. The van der Waals surface area contributed by atoms with Crippen LogP contribution < -0.4 is 15.8 Å². The molecule has 0 spiro atoms. The Morgan fingerprint density at radius 3 is 2.89 bits per heavy atom. The molecule has 4 aromatic rings. The quantitative estimate of drug-likeness (QED) is 0.283. The van der Waals surface area contributed by atoms with Gasteiger partial charge >= 0.3 is 0 Å². The van der Waals surface area contributed by atoms with E-state index >= 15 is 0 Å². The Morgan fingerprint density at radius 2 is 2.11 bits per heavy atom. The van der Waals surface area contributed by atoms with Crippen molar-refractivity contribution in [2.45, 2.75) is 26.1 Å². The maximum atomic E-state index is 13.2. The average molecular weight is 526 g/mol. The number of anilines is 2. The van der Waals surface area contributed by atoms with E-state index in [1.165, 1.54) is 0 Å². The van der Waals surface area contributed by atoms with Gasteiger partial charge in [-0.2, -0.15) is 0 Å². The fourth-order valence-corrected chi connectivity index (χ4v) is 4.81. The molecular formula is C27H29ClFN5O3. The summed E-state index contributed by atoms with van der Waals surface area (Å²) in [6, 6.07) is 11.2. The van der Waals surface area contributed by atoms with Crippen LogP contribution in [0.5, 0.6) is 0 Å². The molecule has 1 saturated heterocycles. The molecule has 194 valence electrons. The van der Waals surface area contributed by atoms with Gasteiger partial charge in [-0.15, -0.1) is 0 Å². The van der Waals surface area contributed by atoms with Crippen molar-refractivity contribution in [2.24, 2.45) is 0 Å². The maximum absolute atomic E-state index is 13.2. The van der Waals surface area contributed by atoms with E-state index in [0.29, 0.717) is 47.4 Å². The number of rotatable bonds is 7. The van der Waals surface area contributed by atoms with Crippen molar-refractivity contribution in [3.05, 3.63) is 74.7 Å². The number of H-pyrrole nitrogens is 2. The van der Waals surface area contributed by atoms with Gasteiger partial charge in [0.2, 0.25) is 0 Å². The van der Waals surface area contributed by atoms with Gasteiger partial charge in [-0.05, 0) is 54.8 Å². The number of aryl methyl sites for hydroxylation is 2. The number of aromatic nitrogens is 3. The van der Waals surface area contributed by atoms with E-state index < -0.39 is 18.9 Å². The van der Waals surface area contributed by atoms with Gasteiger partial charge in [0.15, 0.2) is 0 Å². The van der Waals surface area contributed by atoms with Gasteiger partial charge in [-0.1, -0.05) is 23.7 Å². The van der Waals surface area contributed by atoms with Crippen LogP contribution >= 0.6 is 11.6 Å². The van der Waals surface area contributed by atoms with E-state index in [2.05, 4.69) is 20.2 Å². The number of benzene rings is 2. The first-order chi connectivity index (χ1) is 17.8. The largest absolute Gasteiger partial charge is 0.387 e. The molecule has 0 radical (unpaired) electrons. The van der Waals surface area contributed by atoms with Crippen LogP contribution in [0.3, 0.4) is 0 Å². The summed E-state index contributed by atoms with van der Waals surface area (Å²) >= 11 is 6.21. The zero-order chi connectivity index (χ0) is 26.1. The molecule has 0 saturated carbocycles. The molecule has 0 aliphatic carbocycles. The summed E-state index contributed by atoms with van der Waals surface area (Å²) in [5, 5.41) is 14.5. The molecule has 5 rings (SSSR count). The number of morpholine rings is 1. The monoisotopic (exact) mass is 525 g/mol. The molecule has 1 fully saturated rings. The number of hydrogen-bond donors (Lipinski definition) is 4. The van der Waals surface area contributed by atoms with E-state index in [0.717, 1.165) is 27.8 Å². The second-order valence-electron chi connectivity index (χ2n) is 9.34. The van der Waals surface area contributed by atoms with Crippen molar-refractivity contribution < 1.29 is 14.2 Å². The molecule has 0 bridgehead atoms. The molecule has 1 aliphatic rings. The molecular weight excluding hydrogens is 497 g/mol.